The Labute approximate surface area is 146 Å². The van der Waals surface area contributed by atoms with Gasteiger partial charge in [0.1, 0.15) is 6.54 Å². The SMILES string of the molecule is COc1cccc(CNC(=O)Cn2ncc3ccc(C)cc32)c1OC. The van der Waals surface area contributed by atoms with Gasteiger partial charge in [-0.25, -0.2) is 0 Å². The van der Waals surface area contributed by atoms with Crippen molar-refractivity contribution in [2.24, 2.45) is 0 Å². The highest BCUT2D eigenvalue weighted by Gasteiger charge is 2.12. The molecule has 0 aliphatic rings. The second kappa shape index (κ2) is 7.25. The monoisotopic (exact) mass is 339 g/mol. The molecular formula is C19H21N3O3. The van der Waals surface area contributed by atoms with Gasteiger partial charge in [0, 0.05) is 17.5 Å². The van der Waals surface area contributed by atoms with E-state index in [0.717, 1.165) is 22.0 Å². The van der Waals surface area contributed by atoms with E-state index in [9.17, 15) is 4.79 Å². The lowest BCUT2D eigenvalue weighted by molar-refractivity contribution is -0.121. The molecule has 1 aromatic heterocycles. The molecule has 1 amide bonds. The van der Waals surface area contributed by atoms with Crippen molar-refractivity contribution in [2.75, 3.05) is 14.2 Å². The smallest absolute Gasteiger partial charge is 0.242 e. The first-order valence-electron chi connectivity index (χ1n) is 8.01. The number of nitrogens with one attached hydrogen (secondary N) is 1. The van der Waals surface area contributed by atoms with Crippen molar-refractivity contribution in [3.05, 3.63) is 53.7 Å². The Morgan fingerprint density at radius 3 is 2.80 bits per heavy atom. The van der Waals surface area contributed by atoms with E-state index in [1.165, 1.54) is 0 Å². The maximum Gasteiger partial charge on any atom is 0.242 e. The topological polar surface area (TPSA) is 65.4 Å². The minimum atomic E-state index is -0.114. The minimum Gasteiger partial charge on any atom is -0.493 e. The van der Waals surface area contributed by atoms with Crippen LogP contribution in [0.5, 0.6) is 11.5 Å². The zero-order valence-corrected chi connectivity index (χ0v) is 14.6. The lowest BCUT2D eigenvalue weighted by atomic mass is 10.2. The molecule has 1 N–H and O–H groups in total. The molecule has 0 bridgehead atoms. The molecule has 6 heteroatoms. The fourth-order valence-corrected chi connectivity index (χ4v) is 2.79. The van der Waals surface area contributed by atoms with E-state index < -0.39 is 0 Å². The Hall–Kier alpha value is -3.02. The molecule has 0 atom stereocenters. The highest BCUT2D eigenvalue weighted by atomic mass is 16.5. The standard InChI is InChI=1S/C19H21N3O3/c1-13-7-8-14-11-21-22(16(14)9-13)12-18(23)20-10-15-5-4-6-17(24-2)19(15)25-3/h4-9,11H,10,12H2,1-3H3,(H,20,23). The Morgan fingerprint density at radius 1 is 1.20 bits per heavy atom. The molecule has 0 spiro atoms. The summed E-state index contributed by atoms with van der Waals surface area (Å²) < 4.78 is 12.4. The number of amides is 1. The van der Waals surface area contributed by atoms with Crippen LogP contribution in [0.1, 0.15) is 11.1 Å². The van der Waals surface area contributed by atoms with Gasteiger partial charge in [-0.05, 0) is 24.6 Å². The number of carbonyl (C=O) groups is 1. The number of methoxy groups -OCH3 is 2. The van der Waals surface area contributed by atoms with E-state index in [4.69, 9.17) is 9.47 Å². The van der Waals surface area contributed by atoms with Gasteiger partial charge >= 0.3 is 0 Å². The number of carbonyl (C=O) groups excluding carboxylic acids is 1. The van der Waals surface area contributed by atoms with Gasteiger partial charge in [0.25, 0.3) is 0 Å². The first-order valence-corrected chi connectivity index (χ1v) is 8.01. The van der Waals surface area contributed by atoms with Crippen molar-refractivity contribution in [1.29, 1.82) is 0 Å². The van der Waals surface area contributed by atoms with Crippen LogP contribution in [0.15, 0.2) is 42.6 Å². The second-order valence-electron chi connectivity index (χ2n) is 5.79. The van der Waals surface area contributed by atoms with Gasteiger partial charge in [0.2, 0.25) is 5.91 Å². The molecule has 0 fully saturated rings. The molecule has 25 heavy (non-hydrogen) atoms. The Kier molecular flexibility index (Phi) is 4.88. The second-order valence-corrected chi connectivity index (χ2v) is 5.79. The summed E-state index contributed by atoms with van der Waals surface area (Å²) in [6, 6.07) is 11.7. The lowest BCUT2D eigenvalue weighted by Crippen LogP contribution is -2.27. The van der Waals surface area contributed by atoms with E-state index in [2.05, 4.69) is 10.4 Å². The molecule has 2 aromatic carbocycles. The number of rotatable bonds is 6. The number of ether oxygens (including phenoxy) is 2. The first-order chi connectivity index (χ1) is 12.1. The van der Waals surface area contributed by atoms with Crippen molar-refractivity contribution in [2.45, 2.75) is 20.0 Å². The fourth-order valence-electron chi connectivity index (χ4n) is 2.79. The summed E-state index contributed by atoms with van der Waals surface area (Å²) in [5.41, 5.74) is 2.95. The predicted octanol–water partition coefficient (Wildman–Crippen LogP) is 2.68. The van der Waals surface area contributed by atoms with Crippen LogP contribution in [-0.4, -0.2) is 29.9 Å². The van der Waals surface area contributed by atoms with E-state index in [1.807, 2.05) is 43.3 Å². The third kappa shape index (κ3) is 3.57. The first kappa shape index (κ1) is 16.8. The molecule has 0 unspecified atom stereocenters. The van der Waals surface area contributed by atoms with Crippen LogP contribution >= 0.6 is 0 Å². The number of hydrogen-bond donors (Lipinski definition) is 1. The minimum absolute atomic E-state index is 0.114. The van der Waals surface area contributed by atoms with Crippen molar-refractivity contribution in [1.82, 2.24) is 15.1 Å². The van der Waals surface area contributed by atoms with Crippen molar-refractivity contribution < 1.29 is 14.3 Å². The van der Waals surface area contributed by atoms with Gasteiger partial charge in [0.15, 0.2) is 11.5 Å². The summed E-state index contributed by atoms with van der Waals surface area (Å²) in [5, 5.41) is 8.23. The number of benzene rings is 2. The Balaban J connectivity index is 1.70. The summed E-state index contributed by atoms with van der Waals surface area (Å²) in [6.45, 7) is 2.54. The number of aromatic nitrogens is 2. The van der Waals surface area contributed by atoms with Crippen LogP contribution < -0.4 is 14.8 Å². The maximum atomic E-state index is 12.3. The van der Waals surface area contributed by atoms with E-state index in [-0.39, 0.29) is 12.5 Å². The van der Waals surface area contributed by atoms with Crippen LogP contribution in [-0.2, 0) is 17.9 Å². The van der Waals surface area contributed by atoms with Gasteiger partial charge in [-0.3, -0.25) is 9.48 Å². The van der Waals surface area contributed by atoms with Crippen LogP contribution in [0, 0.1) is 6.92 Å². The molecule has 0 radical (unpaired) electrons. The third-order valence-corrected chi connectivity index (χ3v) is 4.05. The molecule has 0 saturated heterocycles. The van der Waals surface area contributed by atoms with Crippen molar-refractivity contribution >= 4 is 16.8 Å². The highest BCUT2D eigenvalue weighted by Crippen LogP contribution is 2.30. The molecule has 0 saturated carbocycles. The third-order valence-electron chi connectivity index (χ3n) is 4.05. The quantitative estimate of drug-likeness (QED) is 0.750. The van der Waals surface area contributed by atoms with Crippen molar-refractivity contribution in [3.8, 4) is 11.5 Å². The summed E-state index contributed by atoms with van der Waals surface area (Å²) in [7, 11) is 3.17. The average molecular weight is 339 g/mol. The van der Waals surface area contributed by atoms with E-state index >= 15 is 0 Å². The summed E-state index contributed by atoms with van der Waals surface area (Å²) in [4.78, 5) is 12.3. The molecule has 6 nitrogen and oxygen atoms in total. The van der Waals surface area contributed by atoms with E-state index in [1.54, 1.807) is 25.1 Å². The Morgan fingerprint density at radius 2 is 2.04 bits per heavy atom. The molecule has 3 rings (SSSR count). The van der Waals surface area contributed by atoms with Crippen LogP contribution in [0.4, 0.5) is 0 Å². The molecule has 3 aromatic rings. The lowest BCUT2D eigenvalue weighted by Gasteiger charge is -2.13. The molecule has 0 aliphatic carbocycles. The molecular weight excluding hydrogens is 318 g/mol. The maximum absolute atomic E-state index is 12.3. The summed E-state index contributed by atoms with van der Waals surface area (Å²) >= 11 is 0. The van der Waals surface area contributed by atoms with Gasteiger partial charge in [0.05, 0.1) is 25.9 Å². The largest absolute Gasteiger partial charge is 0.493 e. The molecule has 1 heterocycles. The summed E-state index contributed by atoms with van der Waals surface area (Å²) in [5.74, 6) is 1.16. The zero-order valence-electron chi connectivity index (χ0n) is 14.6. The number of fused-ring (bicyclic) bond motifs is 1. The normalized spacial score (nSPS) is 10.7. The van der Waals surface area contributed by atoms with Gasteiger partial charge < -0.3 is 14.8 Å². The molecule has 0 aliphatic heterocycles. The van der Waals surface area contributed by atoms with Crippen molar-refractivity contribution in [3.63, 3.8) is 0 Å². The van der Waals surface area contributed by atoms with Crippen LogP contribution in [0.3, 0.4) is 0 Å². The Bertz CT molecular complexity index is 902. The zero-order chi connectivity index (χ0) is 17.8. The van der Waals surface area contributed by atoms with E-state index in [0.29, 0.717) is 18.0 Å². The number of para-hydroxylation sites is 1. The fraction of sp³-hybridized carbons (Fsp3) is 0.263. The van der Waals surface area contributed by atoms with Gasteiger partial charge in [-0.15, -0.1) is 0 Å². The predicted molar refractivity (Wildman–Crippen MR) is 95.9 cm³/mol. The molecule has 130 valence electrons. The number of aryl methyl sites for hydroxylation is 1. The summed E-state index contributed by atoms with van der Waals surface area (Å²) in [6.07, 6.45) is 1.77. The highest BCUT2D eigenvalue weighted by molar-refractivity contribution is 5.82. The number of hydrogen-bond acceptors (Lipinski definition) is 4. The van der Waals surface area contributed by atoms with Crippen LogP contribution in [0.25, 0.3) is 10.9 Å². The average Bonchev–Trinajstić information content (AvgIpc) is 3.01. The number of nitrogens with zero attached hydrogens (tertiary/aromatic N) is 2. The van der Waals surface area contributed by atoms with Gasteiger partial charge in [-0.1, -0.05) is 24.3 Å². The van der Waals surface area contributed by atoms with Crippen LogP contribution in [0.2, 0.25) is 0 Å². The van der Waals surface area contributed by atoms with Gasteiger partial charge in [-0.2, -0.15) is 5.10 Å².